The summed E-state index contributed by atoms with van der Waals surface area (Å²) in [4.78, 5) is 0. The Morgan fingerprint density at radius 1 is 1.27 bits per heavy atom. The topological polar surface area (TPSA) is 44.5 Å². The maximum Gasteiger partial charge on any atom is 0.0806 e. The quantitative estimate of drug-likeness (QED) is 0.745. The number of ether oxygens (including phenoxy) is 2. The van der Waals surface area contributed by atoms with Crippen molar-refractivity contribution >= 4 is 0 Å². The minimum Gasteiger partial charge on any atom is -0.379 e. The van der Waals surface area contributed by atoms with Crippen LogP contribution in [-0.4, -0.2) is 31.5 Å². The van der Waals surface area contributed by atoms with Crippen molar-refractivity contribution in [1.82, 2.24) is 0 Å². The van der Waals surface area contributed by atoms with Crippen molar-refractivity contribution in [2.75, 3.05) is 19.8 Å². The fraction of sp³-hybridized carbons (Fsp3) is 1.00. The van der Waals surface area contributed by atoms with E-state index in [4.69, 9.17) is 15.2 Å². The molecule has 2 unspecified atom stereocenters. The van der Waals surface area contributed by atoms with Gasteiger partial charge < -0.3 is 15.2 Å². The molecule has 0 aromatic rings. The SMILES string of the molecule is NC1(COCC2CC2)CCOC1C1CC1. The molecule has 0 bridgehead atoms. The average molecular weight is 211 g/mol. The summed E-state index contributed by atoms with van der Waals surface area (Å²) in [6.45, 7) is 2.44. The van der Waals surface area contributed by atoms with Gasteiger partial charge >= 0.3 is 0 Å². The van der Waals surface area contributed by atoms with Crippen LogP contribution in [0.15, 0.2) is 0 Å². The molecular weight excluding hydrogens is 190 g/mol. The maximum absolute atomic E-state index is 6.40. The van der Waals surface area contributed by atoms with Crippen molar-refractivity contribution in [1.29, 1.82) is 0 Å². The summed E-state index contributed by atoms with van der Waals surface area (Å²) in [5.74, 6) is 1.55. The van der Waals surface area contributed by atoms with E-state index in [2.05, 4.69) is 0 Å². The molecular formula is C12H21NO2. The first kappa shape index (κ1) is 10.1. The van der Waals surface area contributed by atoms with Gasteiger partial charge in [-0.05, 0) is 43.9 Å². The standard InChI is InChI=1S/C12H21NO2/c13-12(8-14-7-9-1-2-9)5-6-15-11(12)10-3-4-10/h9-11H,1-8,13H2. The highest BCUT2D eigenvalue weighted by Gasteiger charge is 2.49. The first-order valence-corrected chi connectivity index (χ1v) is 6.26. The zero-order valence-corrected chi connectivity index (χ0v) is 9.28. The van der Waals surface area contributed by atoms with Crippen LogP contribution in [-0.2, 0) is 9.47 Å². The molecule has 1 saturated heterocycles. The largest absolute Gasteiger partial charge is 0.379 e. The summed E-state index contributed by atoms with van der Waals surface area (Å²) in [7, 11) is 0. The van der Waals surface area contributed by atoms with Crippen LogP contribution in [0.1, 0.15) is 32.1 Å². The van der Waals surface area contributed by atoms with Gasteiger partial charge in [-0.15, -0.1) is 0 Å². The van der Waals surface area contributed by atoms with Gasteiger partial charge in [0.25, 0.3) is 0 Å². The summed E-state index contributed by atoms with van der Waals surface area (Å²) in [6, 6.07) is 0. The Labute approximate surface area is 91.3 Å². The molecule has 1 heterocycles. The number of hydrogen-bond acceptors (Lipinski definition) is 3. The Kier molecular flexibility index (Phi) is 2.49. The van der Waals surface area contributed by atoms with Gasteiger partial charge in [0.2, 0.25) is 0 Å². The normalized spacial score (nSPS) is 41.0. The van der Waals surface area contributed by atoms with Gasteiger partial charge in [-0.1, -0.05) is 0 Å². The second-order valence-corrected chi connectivity index (χ2v) is 5.57. The summed E-state index contributed by atoms with van der Waals surface area (Å²) in [5.41, 5.74) is 6.22. The molecule has 86 valence electrons. The van der Waals surface area contributed by atoms with Crippen LogP contribution in [0.5, 0.6) is 0 Å². The predicted molar refractivity (Wildman–Crippen MR) is 57.5 cm³/mol. The lowest BCUT2D eigenvalue weighted by Gasteiger charge is -2.29. The number of nitrogens with two attached hydrogens (primary N) is 1. The second-order valence-electron chi connectivity index (χ2n) is 5.57. The summed E-state index contributed by atoms with van der Waals surface area (Å²) < 4.78 is 11.5. The lowest BCUT2D eigenvalue weighted by molar-refractivity contribution is 0.0142. The summed E-state index contributed by atoms with van der Waals surface area (Å²) >= 11 is 0. The van der Waals surface area contributed by atoms with Gasteiger partial charge in [0.1, 0.15) is 0 Å². The monoisotopic (exact) mass is 211 g/mol. The van der Waals surface area contributed by atoms with Crippen molar-refractivity contribution in [3.63, 3.8) is 0 Å². The van der Waals surface area contributed by atoms with Crippen molar-refractivity contribution in [3.05, 3.63) is 0 Å². The molecule has 3 nitrogen and oxygen atoms in total. The summed E-state index contributed by atoms with van der Waals surface area (Å²) in [6.07, 6.45) is 6.54. The van der Waals surface area contributed by atoms with Crippen LogP contribution in [0.4, 0.5) is 0 Å². The van der Waals surface area contributed by atoms with Crippen LogP contribution in [0, 0.1) is 11.8 Å². The van der Waals surface area contributed by atoms with Crippen LogP contribution in [0.2, 0.25) is 0 Å². The van der Waals surface area contributed by atoms with Gasteiger partial charge in [-0.3, -0.25) is 0 Å². The summed E-state index contributed by atoms with van der Waals surface area (Å²) in [5, 5.41) is 0. The number of hydrogen-bond donors (Lipinski definition) is 1. The first-order valence-electron chi connectivity index (χ1n) is 6.26. The zero-order valence-electron chi connectivity index (χ0n) is 9.28. The lowest BCUT2D eigenvalue weighted by atomic mass is 9.90. The van der Waals surface area contributed by atoms with Crippen molar-refractivity contribution in [2.24, 2.45) is 17.6 Å². The maximum atomic E-state index is 6.40. The first-order chi connectivity index (χ1) is 7.28. The van der Waals surface area contributed by atoms with Crippen LogP contribution >= 0.6 is 0 Å². The van der Waals surface area contributed by atoms with E-state index in [0.29, 0.717) is 6.61 Å². The third-order valence-corrected chi connectivity index (χ3v) is 3.90. The van der Waals surface area contributed by atoms with E-state index < -0.39 is 0 Å². The molecule has 15 heavy (non-hydrogen) atoms. The molecule has 0 aromatic heterocycles. The molecule has 3 rings (SSSR count). The van der Waals surface area contributed by atoms with Crippen molar-refractivity contribution in [3.8, 4) is 0 Å². The smallest absolute Gasteiger partial charge is 0.0806 e. The Hall–Kier alpha value is -0.120. The molecule has 2 N–H and O–H groups in total. The van der Waals surface area contributed by atoms with E-state index >= 15 is 0 Å². The molecule has 0 amide bonds. The minimum atomic E-state index is -0.184. The molecule has 1 aliphatic heterocycles. The highest BCUT2D eigenvalue weighted by atomic mass is 16.5. The Morgan fingerprint density at radius 2 is 2.07 bits per heavy atom. The van der Waals surface area contributed by atoms with E-state index in [-0.39, 0.29) is 11.6 Å². The molecule has 0 radical (unpaired) electrons. The van der Waals surface area contributed by atoms with E-state index in [1.165, 1.54) is 25.7 Å². The molecule has 2 saturated carbocycles. The molecule has 0 aromatic carbocycles. The van der Waals surface area contributed by atoms with Gasteiger partial charge in [0, 0.05) is 13.2 Å². The van der Waals surface area contributed by atoms with Crippen LogP contribution in [0.3, 0.4) is 0 Å². The molecule has 3 heteroatoms. The van der Waals surface area contributed by atoms with Gasteiger partial charge in [-0.2, -0.15) is 0 Å². The Bertz CT molecular complexity index is 238. The number of rotatable bonds is 5. The predicted octanol–water partition coefficient (Wildman–Crippen LogP) is 1.31. The van der Waals surface area contributed by atoms with Gasteiger partial charge in [0.15, 0.2) is 0 Å². The fourth-order valence-electron chi connectivity index (χ4n) is 2.54. The van der Waals surface area contributed by atoms with E-state index in [9.17, 15) is 0 Å². The highest BCUT2D eigenvalue weighted by molar-refractivity contribution is 5.03. The molecule has 3 aliphatic rings. The molecule has 0 spiro atoms. The van der Waals surface area contributed by atoms with Crippen LogP contribution < -0.4 is 5.73 Å². The van der Waals surface area contributed by atoms with Crippen LogP contribution in [0.25, 0.3) is 0 Å². The third-order valence-electron chi connectivity index (χ3n) is 3.90. The van der Waals surface area contributed by atoms with Crippen molar-refractivity contribution < 1.29 is 9.47 Å². The highest BCUT2D eigenvalue weighted by Crippen LogP contribution is 2.42. The van der Waals surface area contributed by atoms with E-state index in [0.717, 1.165) is 31.5 Å². The van der Waals surface area contributed by atoms with Gasteiger partial charge in [0.05, 0.1) is 18.2 Å². The second kappa shape index (κ2) is 3.72. The molecule has 2 aliphatic carbocycles. The third kappa shape index (κ3) is 2.19. The molecule has 2 atom stereocenters. The lowest BCUT2D eigenvalue weighted by Crippen LogP contribution is -2.52. The van der Waals surface area contributed by atoms with Crippen molar-refractivity contribution in [2.45, 2.75) is 43.7 Å². The average Bonchev–Trinajstić information content (AvgIpc) is 3.08. The fourth-order valence-corrected chi connectivity index (χ4v) is 2.54. The molecule has 3 fully saturated rings. The van der Waals surface area contributed by atoms with Gasteiger partial charge in [-0.25, -0.2) is 0 Å². The van der Waals surface area contributed by atoms with E-state index in [1.807, 2.05) is 0 Å². The Balaban J connectivity index is 1.51. The Morgan fingerprint density at radius 3 is 2.73 bits per heavy atom. The minimum absolute atomic E-state index is 0.184. The zero-order chi connectivity index (χ0) is 10.3. The van der Waals surface area contributed by atoms with E-state index in [1.54, 1.807) is 0 Å².